The van der Waals surface area contributed by atoms with Crippen molar-refractivity contribution >= 4 is 8.29 Å². The number of benzene rings is 2. The van der Waals surface area contributed by atoms with E-state index in [9.17, 15) is 0 Å². The van der Waals surface area contributed by atoms with Crippen LogP contribution in [0.2, 0.25) is 0 Å². The molecule has 6 bridgehead atoms. The van der Waals surface area contributed by atoms with Crippen molar-refractivity contribution in [2.75, 3.05) is 6.67 Å². The van der Waals surface area contributed by atoms with Crippen LogP contribution in [0.1, 0.15) is 38.8 Å². The molecule has 0 unspecified atom stereocenters. The second-order valence-electron chi connectivity index (χ2n) is 9.25. The zero-order valence-electron chi connectivity index (χ0n) is 18.1. The van der Waals surface area contributed by atoms with Crippen molar-refractivity contribution < 1.29 is 22.4 Å². The summed E-state index contributed by atoms with van der Waals surface area (Å²) in [5.41, 5.74) is 2.13. The van der Waals surface area contributed by atoms with Gasteiger partial charge in [-0.05, 0) is 0 Å². The van der Waals surface area contributed by atoms with Crippen LogP contribution in [0.3, 0.4) is 0 Å². The Labute approximate surface area is 191 Å². The molecule has 0 amide bonds. The van der Waals surface area contributed by atoms with Gasteiger partial charge in [0.15, 0.2) is 0 Å². The summed E-state index contributed by atoms with van der Waals surface area (Å²) in [7, 11) is 0. The standard InChI is InChI=1S/C25H26N4O.Pt/c1-24(2)20-7-5-9-22(15-20)30-23-10-6-8-21(16-23)25(3,4)29-14-12-27(19-29)17-26-11-13-28(24)18-26;/h5-16H,17H2,1-4H3;. The number of fused-ring (bicyclic) bond motifs is 4. The van der Waals surface area contributed by atoms with Gasteiger partial charge in [-0.1, -0.05) is 0 Å². The van der Waals surface area contributed by atoms with Crippen molar-refractivity contribution in [1.29, 1.82) is 0 Å². The fourth-order valence-electron chi connectivity index (χ4n) is 4.49. The van der Waals surface area contributed by atoms with Crippen LogP contribution >= 0.6 is 0 Å². The van der Waals surface area contributed by atoms with Crippen LogP contribution in [-0.4, -0.2) is 34.6 Å². The van der Waals surface area contributed by atoms with Gasteiger partial charge in [0.05, 0.1) is 0 Å². The molecule has 0 saturated carbocycles. The number of hydrogen-bond donors (Lipinski definition) is 0. The van der Waals surface area contributed by atoms with E-state index in [0.717, 1.165) is 18.2 Å². The summed E-state index contributed by atoms with van der Waals surface area (Å²) in [4.78, 5) is 9.76. The number of rotatable bonds is 0. The summed E-state index contributed by atoms with van der Waals surface area (Å²) in [5.74, 6) is 1.75. The maximum absolute atomic E-state index is 6.34. The van der Waals surface area contributed by atoms with E-state index in [1.54, 1.807) is 0 Å². The van der Waals surface area contributed by atoms with Crippen LogP contribution in [0.25, 0.3) is 0 Å². The molecule has 31 heavy (non-hydrogen) atoms. The molecule has 4 aliphatic rings. The van der Waals surface area contributed by atoms with Gasteiger partial charge in [0, 0.05) is 0 Å². The molecule has 6 rings (SSSR count). The summed E-state index contributed by atoms with van der Waals surface area (Å²) in [6, 6.07) is 17.1. The summed E-state index contributed by atoms with van der Waals surface area (Å²) in [6.07, 6.45) is 8.96. The van der Waals surface area contributed by atoms with Crippen LogP contribution < -0.4 is 4.74 Å². The summed E-state index contributed by atoms with van der Waals surface area (Å²) in [5, 5.41) is 0. The van der Waals surface area contributed by atoms with Crippen LogP contribution in [0, 0.1) is 0 Å². The van der Waals surface area contributed by atoms with Crippen LogP contribution in [-0.2, 0) is 28.7 Å². The molecule has 4 heterocycles. The van der Waals surface area contributed by atoms with Gasteiger partial charge in [0.2, 0.25) is 0 Å². The van der Waals surface area contributed by atoms with Crippen molar-refractivity contribution in [1.82, 2.24) is 19.6 Å². The Balaban J connectivity index is 1.62. The van der Waals surface area contributed by atoms with E-state index in [1.165, 1.54) is 19.4 Å². The molecule has 0 atom stereocenters. The zero-order chi connectivity index (χ0) is 21.4. The molecular formula is C25H26N4OPt. The Hall–Kier alpha value is -2.65. The molecule has 2 aromatic carbocycles. The molecule has 0 saturated heterocycles. The molecular weight excluding hydrogens is 567 g/mol. The van der Waals surface area contributed by atoms with Crippen molar-refractivity contribution in [3.05, 3.63) is 84.5 Å². The number of nitrogens with zero attached hydrogens (tertiary/aromatic N) is 4. The average Bonchev–Trinajstić information content (AvgIpc) is 3.36. The molecule has 0 aliphatic carbocycles. The fourth-order valence-corrected chi connectivity index (χ4v) is 8.41. The first-order chi connectivity index (χ1) is 14.8. The van der Waals surface area contributed by atoms with E-state index in [0.29, 0.717) is 0 Å². The van der Waals surface area contributed by atoms with E-state index in [-0.39, 0.29) is 11.1 Å². The van der Waals surface area contributed by atoms with Crippen molar-refractivity contribution in [3.63, 3.8) is 0 Å². The first-order valence-corrected chi connectivity index (χ1v) is 12.8. The van der Waals surface area contributed by atoms with E-state index < -0.39 is 17.6 Å². The normalized spacial score (nSPS) is 22.3. The molecule has 0 spiro atoms. The molecule has 5 nitrogen and oxygen atoms in total. The van der Waals surface area contributed by atoms with Crippen molar-refractivity contribution in [2.24, 2.45) is 0 Å². The number of hydrogen-bond acceptors (Lipinski definition) is 5. The van der Waals surface area contributed by atoms with Gasteiger partial charge in [-0.2, -0.15) is 0 Å². The van der Waals surface area contributed by atoms with E-state index in [2.05, 4.69) is 108 Å². The van der Waals surface area contributed by atoms with E-state index in [4.69, 9.17) is 4.74 Å². The van der Waals surface area contributed by atoms with Gasteiger partial charge in [0.25, 0.3) is 0 Å². The Morgan fingerprint density at radius 3 is 1.68 bits per heavy atom. The number of ether oxygens (including phenoxy) is 1. The molecule has 2 aromatic rings. The first-order valence-electron chi connectivity index (χ1n) is 10.5. The maximum atomic E-state index is 6.34. The minimum atomic E-state index is -0.394. The molecule has 0 radical (unpaired) electrons. The Kier molecular flexibility index (Phi) is 3.95. The average molecular weight is 594 g/mol. The predicted molar refractivity (Wildman–Crippen MR) is 120 cm³/mol. The molecule has 0 aromatic heterocycles. The van der Waals surface area contributed by atoms with Gasteiger partial charge in [-0.3, -0.25) is 0 Å². The quantitative estimate of drug-likeness (QED) is 0.452. The summed E-state index contributed by atoms with van der Waals surface area (Å²) in [6.45, 7) is 10.1. The molecule has 0 N–H and O–H groups in total. The second kappa shape index (κ2) is 6.43. The van der Waals surface area contributed by atoms with E-state index >= 15 is 0 Å². The summed E-state index contributed by atoms with van der Waals surface area (Å²) < 4.78 is 9.20. The summed E-state index contributed by atoms with van der Waals surface area (Å²) >= 11 is -0.394. The predicted octanol–water partition coefficient (Wildman–Crippen LogP) is 4.37. The minimum absolute atomic E-state index is 0.180. The topological polar surface area (TPSA) is 22.2 Å². The molecule has 6 heteroatoms. The van der Waals surface area contributed by atoms with Gasteiger partial charge >= 0.3 is 192 Å². The zero-order valence-corrected chi connectivity index (χ0v) is 20.4. The third-order valence-corrected chi connectivity index (χ3v) is 9.98. The molecule has 0 fully saturated rings. The Bertz CT molecular complexity index is 1130. The molecule has 4 aliphatic heterocycles. The van der Waals surface area contributed by atoms with Gasteiger partial charge in [0.1, 0.15) is 0 Å². The van der Waals surface area contributed by atoms with Gasteiger partial charge in [-0.25, -0.2) is 0 Å². The van der Waals surface area contributed by atoms with E-state index in [1.807, 2.05) is 12.1 Å². The van der Waals surface area contributed by atoms with Crippen LogP contribution in [0.15, 0.2) is 73.3 Å². The Morgan fingerprint density at radius 1 is 0.710 bits per heavy atom. The fraction of sp³-hybridized carbons (Fsp3) is 0.280. The Morgan fingerprint density at radius 2 is 1.19 bits per heavy atom. The monoisotopic (exact) mass is 593 g/mol. The first kappa shape index (κ1) is 19.1. The third kappa shape index (κ3) is 2.79. The molecule has 162 valence electrons. The second-order valence-corrected chi connectivity index (χ2v) is 11.9. The van der Waals surface area contributed by atoms with Crippen LogP contribution in [0.5, 0.6) is 11.5 Å². The third-order valence-electron chi connectivity index (χ3n) is 6.57. The van der Waals surface area contributed by atoms with Gasteiger partial charge < -0.3 is 0 Å². The van der Waals surface area contributed by atoms with Crippen molar-refractivity contribution in [3.8, 4) is 11.5 Å². The van der Waals surface area contributed by atoms with Gasteiger partial charge in [-0.15, -0.1) is 0 Å². The SMILES string of the molecule is CC1(C)c2cccc(c2)Oc2cccc(c2)C(C)(C)N2C=CN3CN4C=CN1[C]4=[Pt]=[C]32. The van der Waals surface area contributed by atoms with Crippen LogP contribution in [0.4, 0.5) is 0 Å². The van der Waals surface area contributed by atoms with Crippen molar-refractivity contribution in [2.45, 2.75) is 38.8 Å².